The van der Waals surface area contributed by atoms with Gasteiger partial charge in [0.15, 0.2) is 0 Å². The van der Waals surface area contributed by atoms with Gasteiger partial charge in [-0.05, 0) is 44.8 Å². The Labute approximate surface area is 131 Å². The number of aryl methyl sites for hydroxylation is 1. The number of benzene rings is 1. The Morgan fingerprint density at radius 2 is 2.05 bits per heavy atom. The van der Waals surface area contributed by atoms with E-state index in [0.29, 0.717) is 6.04 Å². The van der Waals surface area contributed by atoms with Gasteiger partial charge in [0.25, 0.3) is 0 Å². The molecule has 0 spiro atoms. The first-order valence-electron chi connectivity index (χ1n) is 7.17. The van der Waals surface area contributed by atoms with Crippen molar-refractivity contribution in [3.63, 3.8) is 0 Å². The fraction of sp³-hybridized carbons (Fsp3) is 0.438. The molecule has 1 N–H and O–H groups in total. The Bertz CT molecular complexity index is 550. The largest absolute Gasteiger partial charge is 0.313 e. The second-order valence-corrected chi connectivity index (χ2v) is 5.88. The number of hydrogen-bond acceptors (Lipinski definition) is 3. The molecular weight excluding hydrogens is 284 g/mol. The lowest BCUT2D eigenvalue weighted by molar-refractivity contribution is 0.304. The molecule has 0 saturated heterocycles. The van der Waals surface area contributed by atoms with Crippen molar-refractivity contribution in [3.05, 3.63) is 52.8 Å². The van der Waals surface area contributed by atoms with Crippen molar-refractivity contribution < 1.29 is 0 Å². The molecule has 1 heterocycles. The highest BCUT2D eigenvalue weighted by atomic mass is 35.5. The van der Waals surface area contributed by atoms with Crippen LogP contribution in [0.5, 0.6) is 0 Å². The van der Waals surface area contributed by atoms with E-state index in [1.807, 2.05) is 37.1 Å². The zero-order valence-corrected chi connectivity index (χ0v) is 13.6. The van der Waals surface area contributed by atoms with Crippen LogP contribution in [0.1, 0.15) is 23.6 Å². The second-order valence-electron chi connectivity index (χ2n) is 5.44. The van der Waals surface area contributed by atoms with Gasteiger partial charge in [-0.25, -0.2) is 0 Å². The summed E-state index contributed by atoms with van der Waals surface area (Å²) in [7, 11) is 6.09. The fourth-order valence-corrected chi connectivity index (χ4v) is 2.59. The molecule has 21 heavy (non-hydrogen) atoms. The molecule has 2 rings (SSSR count). The standard InChI is InChI=1S/C16H23ClN4/c1-18-16(14-4-6-15(17)7-5-14)8-9-20(2)11-13-10-19-21(3)12-13/h4-7,10,12,16,18H,8-9,11H2,1-3H3. The van der Waals surface area contributed by atoms with Crippen molar-refractivity contribution >= 4 is 11.6 Å². The van der Waals surface area contributed by atoms with Crippen molar-refractivity contribution in [1.82, 2.24) is 20.0 Å². The molecule has 0 fully saturated rings. The van der Waals surface area contributed by atoms with E-state index in [0.717, 1.165) is 24.5 Å². The molecule has 0 aliphatic rings. The van der Waals surface area contributed by atoms with Gasteiger partial charge in [-0.2, -0.15) is 5.10 Å². The van der Waals surface area contributed by atoms with Gasteiger partial charge in [0.2, 0.25) is 0 Å². The molecule has 1 aromatic heterocycles. The Hall–Kier alpha value is -1.36. The van der Waals surface area contributed by atoms with E-state index >= 15 is 0 Å². The van der Waals surface area contributed by atoms with Crippen LogP contribution in [0, 0.1) is 0 Å². The van der Waals surface area contributed by atoms with E-state index < -0.39 is 0 Å². The third-order valence-corrected chi connectivity index (χ3v) is 3.88. The van der Waals surface area contributed by atoms with E-state index in [9.17, 15) is 0 Å². The van der Waals surface area contributed by atoms with Gasteiger partial charge < -0.3 is 10.2 Å². The van der Waals surface area contributed by atoms with Gasteiger partial charge in [-0.3, -0.25) is 4.68 Å². The van der Waals surface area contributed by atoms with Crippen LogP contribution >= 0.6 is 11.6 Å². The van der Waals surface area contributed by atoms with E-state index in [1.54, 1.807) is 0 Å². The molecule has 5 heteroatoms. The molecule has 0 amide bonds. The number of nitrogens with one attached hydrogen (secondary N) is 1. The van der Waals surface area contributed by atoms with Gasteiger partial charge >= 0.3 is 0 Å². The Kier molecular flexibility index (Phi) is 5.79. The normalized spacial score (nSPS) is 12.8. The maximum absolute atomic E-state index is 5.94. The highest BCUT2D eigenvalue weighted by Crippen LogP contribution is 2.19. The molecule has 4 nitrogen and oxygen atoms in total. The van der Waals surface area contributed by atoms with Gasteiger partial charge in [0, 0.05) is 36.4 Å². The number of rotatable bonds is 7. The monoisotopic (exact) mass is 306 g/mol. The van der Waals surface area contributed by atoms with Crippen LogP contribution in [-0.2, 0) is 13.6 Å². The number of hydrogen-bond donors (Lipinski definition) is 1. The lowest BCUT2D eigenvalue weighted by Gasteiger charge is -2.21. The van der Waals surface area contributed by atoms with E-state index in [2.05, 4.69) is 40.7 Å². The quantitative estimate of drug-likeness (QED) is 0.854. The van der Waals surface area contributed by atoms with Crippen LogP contribution in [0.3, 0.4) is 0 Å². The predicted octanol–water partition coefficient (Wildman–Crippen LogP) is 2.86. The topological polar surface area (TPSA) is 33.1 Å². The van der Waals surface area contributed by atoms with Gasteiger partial charge in [-0.15, -0.1) is 0 Å². The van der Waals surface area contributed by atoms with E-state index in [4.69, 9.17) is 11.6 Å². The van der Waals surface area contributed by atoms with Crippen LogP contribution in [-0.4, -0.2) is 35.3 Å². The first-order valence-corrected chi connectivity index (χ1v) is 7.55. The Balaban J connectivity index is 1.86. The average Bonchev–Trinajstić information content (AvgIpc) is 2.86. The van der Waals surface area contributed by atoms with Crippen LogP contribution < -0.4 is 5.32 Å². The molecule has 1 atom stereocenters. The molecule has 1 unspecified atom stereocenters. The molecule has 0 aliphatic heterocycles. The number of nitrogens with zero attached hydrogens (tertiary/aromatic N) is 3. The molecule has 0 saturated carbocycles. The molecule has 0 aliphatic carbocycles. The summed E-state index contributed by atoms with van der Waals surface area (Å²) in [6.45, 7) is 1.94. The Morgan fingerprint density at radius 1 is 1.33 bits per heavy atom. The highest BCUT2D eigenvalue weighted by molar-refractivity contribution is 6.30. The summed E-state index contributed by atoms with van der Waals surface area (Å²) in [5.41, 5.74) is 2.52. The van der Waals surface area contributed by atoms with Crippen LogP contribution in [0.2, 0.25) is 5.02 Å². The number of aromatic nitrogens is 2. The lowest BCUT2D eigenvalue weighted by atomic mass is 10.0. The van der Waals surface area contributed by atoms with Crippen molar-refractivity contribution in [1.29, 1.82) is 0 Å². The molecule has 0 radical (unpaired) electrons. The average molecular weight is 307 g/mol. The summed E-state index contributed by atoms with van der Waals surface area (Å²) in [6.07, 6.45) is 5.03. The van der Waals surface area contributed by atoms with Crippen molar-refractivity contribution in [2.75, 3.05) is 20.6 Å². The molecular formula is C16H23ClN4. The summed E-state index contributed by atoms with van der Waals surface area (Å²) < 4.78 is 1.84. The molecule has 114 valence electrons. The SMILES string of the molecule is CNC(CCN(C)Cc1cnn(C)c1)c1ccc(Cl)cc1. The smallest absolute Gasteiger partial charge is 0.0534 e. The van der Waals surface area contributed by atoms with Crippen LogP contribution in [0.25, 0.3) is 0 Å². The highest BCUT2D eigenvalue weighted by Gasteiger charge is 2.11. The first-order chi connectivity index (χ1) is 10.1. The number of halogens is 1. The first kappa shape index (κ1) is 16.0. The second kappa shape index (κ2) is 7.59. The zero-order chi connectivity index (χ0) is 15.2. The lowest BCUT2D eigenvalue weighted by Crippen LogP contribution is -2.25. The fourth-order valence-electron chi connectivity index (χ4n) is 2.47. The van der Waals surface area contributed by atoms with Crippen LogP contribution in [0.15, 0.2) is 36.7 Å². The third kappa shape index (κ3) is 4.84. The summed E-state index contributed by atoms with van der Waals surface area (Å²) >= 11 is 5.94. The molecule has 0 bridgehead atoms. The van der Waals surface area contributed by atoms with E-state index in [1.165, 1.54) is 11.1 Å². The maximum atomic E-state index is 5.94. The molecule has 1 aromatic carbocycles. The third-order valence-electron chi connectivity index (χ3n) is 3.63. The molecule has 2 aromatic rings. The zero-order valence-electron chi connectivity index (χ0n) is 12.9. The minimum atomic E-state index is 0.346. The van der Waals surface area contributed by atoms with Crippen molar-refractivity contribution in [2.45, 2.75) is 19.0 Å². The minimum absolute atomic E-state index is 0.346. The summed E-state index contributed by atoms with van der Waals surface area (Å²) in [5.74, 6) is 0. The summed E-state index contributed by atoms with van der Waals surface area (Å²) in [6, 6.07) is 8.41. The summed E-state index contributed by atoms with van der Waals surface area (Å²) in [5, 5.41) is 8.36. The minimum Gasteiger partial charge on any atom is -0.313 e. The summed E-state index contributed by atoms with van der Waals surface area (Å²) in [4.78, 5) is 2.32. The van der Waals surface area contributed by atoms with Gasteiger partial charge in [0.05, 0.1) is 6.20 Å². The Morgan fingerprint density at radius 3 is 2.62 bits per heavy atom. The van der Waals surface area contributed by atoms with Crippen molar-refractivity contribution in [2.24, 2.45) is 7.05 Å². The van der Waals surface area contributed by atoms with E-state index in [-0.39, 0.29) is 0 Å². The van der Waals surface area contributed by atoms with Crippen molar-refractivity contribution in [3.8, 4) is 0 Å². The van der Waals surface area contributed by atoms with Gasteiger partial charge in [0.1, 0.15) is 0 Å². The van der Waals surface area contributed by atoms with Crippen LogP contribution in [0.4, 0.5) is 0 Å². The van der Waals surface area contributed by atoms with Gasteiger partial charge in [-0.1, -0.05) is 23.7 Å². The predicted molar refractivity (Wildman–Crippen MR) is 87.4 cm³/mol. The maximum Gasteiger partial charge on any atom is 0.0534 e.